The standard InChI is InChI=1S/C19H25N3O2/c1-14-11-16(22(2)3)9-10-18(14)21-19(24)20-13-17(23)12-15-7-5-4-6-8-15/h4-11,17,23H,12-13H2,1-3H3,(H2,20,21,24). The van der Waals surface area contributed by atoms with Crippen LogP contribution in [0.1, 0.15) is 11.1 Å². The number of aliphatic hydroxyl groups excluding tert-OH is 1. The Bertz CT molecular complexity index is 672. The summed E-state index contributed by atoms with van der Waals surface area (Å²) in [7, 11) is 3.95. The van der Waals surface area contributed by atoms with E-state index >= 15 is 0 Å². The van der Waals surface area contributed by atoms with Crippen molar-refractivity contribution >= 4 is 17.4 Å². The van der Waals surface area contributed by atoms with Gasteiger partial charge in [0.25, 0.3) is 0 Å². The highest BCUT2D eigenvalue weighted by atomic mass is 16.3. The topological polar surface area (TPSA) is 64.6 Å². The van der Waals surface area contributed by atoms with Crippen molar-refractivity contribution < 1.29 is 9.90 Å². The highest BCUT2D eigenvalue weighted by Crippen LogP contribution is 2.21. The third kappa shape index (κ3) is 5.28. The number of rotatable bonds is 6. The van der Waals surface area contributed by atoms with E-state index in [1.807, 2.05) is 74.4 Å². The predicted molar refractivity (Wildman–Crippen MR) is 98.7 cm³/mol. The van der Waals surface area contributed by atoms with Gasteiger partial charge in [0, 0.05) is 38.4 Å². The van der Waals surface area contributed by atoms with Crippen LogP contribution in [0.2, 0.25) is 0 Å². The van der Waals surface area contributed by atoms with Crippen molar-refractivity contribution in [2.24, 2.45) is 0 Å². The highest BCUT2D eigenvalue weighted by Gasteiger charge is 2.09. The number of hydrogen-bond acceptors (Lipinski definition) is 3. The lowest BCUT2D eigenvalue weighted by Crippen LogP contribution is -2.36. The van der Waals surface area contributed by atoms with E-state index in [1.54, 1.807) is 0 Å². The maximum atomic E-state index is 12.0. The number of benzene rings is 2. The molecule has 3 N–H and O–H groups in total. The molecular formula is C19H25N3O2. The van der Waals surface area contributed by atoms with Crippen LogP contribution >= 0.6 is 0 Å². The summed E-state index contributed by atoms with van der Waals surface area (Å²) in [6.07, 6.45) is -0.104. The Morgan fingerprint density at radius 2 is 1.88 bits per heavy atom. The lowest BCUT2D eigenvalue weighted by Gasteiger charge is -2.16. The number of hydrogen-bond donors (Lipinski definition) is 3. The Kier molecular flexibility index (Phi) is 6.21. The first-order valence-electron chi connectivity index (χ1n) is 8.00. The normalized spacial score (nSPS) is 11.7. The van der Waals surface area contributed by atoms with E-state index in [2.05, 4.69) is 10.6 Å². The number of aliphatic hydroxyl groups is 1. The molecule has 0 aliphatic carbocycles. The first-order valence-corrected chi connectivity index (χ1v) is 8.00. The summed E-state index contributed by atoms with van der Waals surface area (Å²) >= 11 is 0. The van der Waals surface area contributed by atoms with Gasteiger partial charge in [0.15, 0.2) is 0 Å². The molecule has 5 heteroatoms. The smallest absolute Gasteiger partial charge is 0.319 e. The average molecular weight is 327 g/mol. The van der Waals surface area contributed by atoms with Crippen molar-refractivity contribution in [3.8, 4) is 0 Å². The maximum absolute atomic E-state index is 12.0. The van der Waals surface area contributed by atoms with E-state index in [0.29, 0.717) is 6.42 Å². The third-order valence-electron chi connectivity index (χ3n) is 3.79. The highest BCUT2D eigenvalue weighted by molar-refractivity contribution is 5.90. The molecule has 2 aromatic rings. The Labute approximate surface area is 143 Å². The van der Waals surface area contributed by atoms with Crippen LogP contribution in [0.3, 0.4) is 0 Å². The van der Waals surface area contributed by atoms with Crippen molar-refractivity contribution in [3.63, 3.8) is 0 Å². The van der Waals surface area contributed by atoms with Crippen LogP contribution in [-0.4, -0.2) is 37.9 Å². The van der Waals surface area contributed by atoms with Gasteiger partial charge in [-0.05, 0) is 36.2 Å². The molecule has 0 saturated heterocycles. The number of amides is 2. The maximum Gasteiger partial charge on any atom is 0.319 e. The first kappa shape index (κ1) is 17.8. The van der Waals surface area contributed by atoms with Crippen LogP contribution < -0.4 is 15.5 Å². The minimum absolute atomic E-state index is 0.204. The molecule has 0 saturated carbocycles. The second-order valence-electron chi connectivity index (χ2n) is 6.07. The summed E-state index contributed by atoms with van der Waals surface area (Å²) in [6, 6.07) is 15.2. The van der Waals surface area contributed by atoms with Crippen LogP contribution in [0, 0.1) is 6.92 Å². The van der Waals surface area contributed by atoms with Gasteiger partial charge in [-0.2, -0.15) is 0 Å². The van der Waals surface area contributed by atoms with E-state index in [0.717, 1.165) is 22.5 Å². The third-order valence-corrected chi connectivity index (χ3v) is 3.79. The second kappa shape index (κ2) is 8.36. The van der Waals surface area contributed by atoms with Gasteiger partial charge < -0.3 is 20.6 Å². The molecule has 0 heterocycles. The minimum Gasteiger partial charge on any atom is -0.391 e. The monoisotopic (exact) mass is 327 g/mol. The number of urea groups is 1. The zero-order valence-electron chi connectivity index (χ0n) is 14.4. The van der Waals surface area contributed by atoms with E-state index in [1.165, 1.54) is 0 Å². The Morgan fingerprint density at radius 3 is 2.50 bits per heavy atom. The fourth-order valence-electron chi connectivity index (χ4n) is 2.40. The molecule has 0 aromatic heterocycles. The van der Waals surface area contributed by atoms with Crippen molar-refractivity contribution in [2.75, 3.05) is 30.9 Å². The summed E-state index contributed by atoms with van der Waals surface area (Å²) < 4.78 is 0. The molecule has 0 spiro atoms. The lowest BCUT2D eigenvalue weighted by molar-refractivity contribution is 0.172. The number of nitrogens with one attached hydrogen (secondary N) is 2. The molecule has 0 aliphatic heterocycles. The van der Waals surface area contributed by atoms with Gasteiger partial charge in [-0.15, -0.1) is 0 Å². The van der Waals surface area contributed by atoms with Crippen molar-refractivity contribution in [2.45, 2.75) is 19.4 Å². The second-order valence-corrected chi connectivity index (χ2v) is 6.07. The van der Waals surface area contributed by atoms with Gasteiger partial charge in [-0.3, -0.25) is 0 Å². The van der Waals surface area contributed by atoms with Gasteiger partial charge in [0.05, 0.1) is 6.10 Å². The summed E-state index contributed by atoms with van der Waals surface area (Å²) in [5, 5.41) is 15.5. The number of anilines is 2. The molecule has 1 unspecified atom stereocenters. The Balaban J connectivity index is 1.83. The molecule has 2 aromatic carbocycles. The largest absolute Gasteiger partial charge is 0.391 e. The fourth-order valence-corrected chi connectivity index (χ4v) is 2.40. The van der Waals surface area contributed by atoms with Gasteiger partial charge in [0.1, 0.15) is 0 Å². The molecular weight excluding hydrogens is 302 g/mol. The number of carbonyl (C=O) groups is 1. The van der Waals surface area contributed by atoms with Gasteiger partial charge in [0.2, 0.25) is 0 Å². The van der Waals surface area contributed by atoms with Crippen LogP contribution in [0.4, 0.5) is 16.2 Å². The predicted octanol–water partition coefficient (Wildman–Crippen LogP) is 2.79. The molecule has 0 aliphatic rings. The van der Waals surface area contributed by atoms with Crippen LogP contribution in [0.15, 0.2) is 48.5 Å². The molecule has 1 atom stereocenters. The SMILES string of the molecule is Cc1cc(N(C)C)ccc1NC(=O)NCC(O)Cc1ccccc1. The molecule has 128 valence electrons. The lowest BCUT2D eigenvalue weighted by atomic mass is 10.1. The fraction of sp³-hybridized carbons (Fsp3) is 0.316. The zero-order valence-corrected chi connectivity index (χ0v) is 14.4. The van der Waals surface area contributed by atoms with Crippen LogP contribution in [-0.2, 0) is 6.42 Å². The van der Waals surface area contributed by atoms with E-state index in [4.69, 9.17) is 0 Å². The number of nitrogens with zero attached hydrogens (tertiary/aromatic N) is 1. The van der Waals surface area contributed by atoms with Gasteiger partial charge >= 0.3 is 6.03 Å². The van der Waals surface area contributed by atoms with Gasteiger partial charge in [-0.25, -0.2) is 4.79 Å². The Morgan fingerprint density at radius 1 is 1.17 bits per heavy atom. The van der Waals surface area contributed by atoms with Crippen LogP contribution in [0.25, 0.3) is 0 Å². The van der Waals surface area contributed by atoms with Crippen molar-refractivity contribution in [1.82, 2.24) is 5.32 Å². The molecule has 0 fully saturated rings. The van der Waals surface area contributed by atoms with E-state index < -0.39 is 6.10 Å². The number of carbonyl (C=O) groups excluding carboxylic acids is 1. The summed E-state index contributed by atoms with van der Waals surface area (Å²) in [4.78, 5) is 14.0. The van der Waals surface area contributed by atoms with Crippen molar-refractivity contribution in [1.29, 1.82) is 0 Å². The summed E-state index contributed by atoms with van der Waals surface area (Å²) in [5.41, 5.74) is 3.87. The minimum atomic E-state index is -0.615. The molecule has 2 amide bonds. The molecule has 5 nitrogen and oxygen atoms in total. The molecule has 0 bridgehead atoms. The molecule has 2 rings (SSSR count). The van der Waals surface area contributed by atoms with Gasteiger partial charge in [-0.1, -0.05) is 30.3 Å². The van der Waals surface area contributed by atoms with E-state index in [9.17, 15) is 9.90 Å². The summed E-state index contributed by atoms with van der Waals surface area (Å²) in [6.45, 7) is 2.16. The summed E-state index contributed by atoms with van der Waals surface area (Å²) in [5.74, 6) is 0. The molecule has 24 heavy (non-hydrogen) atoms. The Hall–Kier alpha value is -2.53. The number of aryl methyl sites for hydroxylation is 1. The average Bonchev–Trinajstić information content (AvgIpc) is 2.55. The quantitative estimate of drug-likeness (QED) is 0.764. The first-order chi connectivity index (χ1) is 11.5. The molecule has 0 radical (unpaired) electrons. The zero-order chi connectivity index (χ0) is 17.5. The van der Waals surface area contributed by atoms with Crippen LogP contribution in [0.5, 0.6) is 0 Å². The van der Waals surface area contributed by atoms with Crippen molar-refractivity contribution in [3.05, 3.63) is 59.7 Å². The van der Waals surface area contributed by atoms with E-state index in [-0.39, 0.29) is 12.6 Å².